The summed E-state index contributed by atoms with van der Waals surface area (Å²) in [5.74, 6) is 0. The summed E-state index contributed by atoms with van der Waals surface area (Å²) in [4.78, 5) is 5.59. The third-order valence-electron chi connectivity index (χ3n) is 6.07. The fraction of sp³-hybridized carbons (Fsp3) is 0.714. The molecule has 1 aliphatic carbocycles. The smallest absolute Gasteiger partial charge is 0.0878 e. The molecular formula is C21H34N2. The lowest BCUT2D eigenvalue weighted by Gasteiger charge is -2.44. The summed E-state index contributed by atoms with van der Waals surface area (Å²) in [7, 11) is 0. The minimum absolute atomic E-state index is 0.240. The Labute approximate surface area is 142 Å². The van der Waals surface area contributed by atoms with Crippen LogP contribution >= 0.6 is 0 Å². The third kappa shape index (κ3) is 2.91. The summed E-state index contributed by atoms with van der Waals surface area (Å²) in [6.45, 7) is 14.4. The Morgan fingerprint density at radius 1 is 0.957 bits per heavy atom. The molecule has 1 aromatic carbocycles. The highest BCUT2D eigenvalue weighted by Gasteiger charge is 2.50. The molecule has 0 amide bonds. The van der Waals surface area contributed by atoms with Crippen molar-refractivity contribution < 1.29 is 0 Å². The van der Waals surface area contributed by atoms with E-state index in [1.165, 1.54) is 36.9 Å². The summed E-state index contributed by atoms with van der Waals surface area (Å²) in [6, 6.07) is 10.9. The van der Waals surface area contributed by atoms with Crippen LogP contribution in [0.1, 0.15) is 65.9 Å². The van der Waals surface area contributed by atoms with Gasteiger partial charge in [0.1, 0.15) is 0 Å². The van der Waals surface area contributed by atoms with Crippen LogP contribution in [0, 0.1) is 12.3 Å². The van der Waals surface area contributed by atoms with E-state index in [1.807, 2.05) is 0 Å². The van der Waals surface area contributed by atoms with E-state index >= 15 is 0 Å². The quantitative estimate of drug-likeness (QED) is 0.739. The Hall–Kier alpha value is -1.02. The average Bonchev–Trinajstić information content (AvgIpc) is 3.07. The summed E-state index contributed by atoms with van der Waals surface area (Å²) in [5.41, 5.74) is 3.06. The van der Waals surface area contributed by atoms with Crippen molar-refractivity contribution in [3.8, 4) is 0 Å². The first kappa shape index (κ1) is 16.8. The number of hydrogen-bond acceptors (Lipinski definition) is 2. The largest absolute Gasteiger partial charge is 0.351 e. The van der Waals surface area contributed by atoms with Gasteiger partial charge in [0.05, 0.1) is 6.17 Å². The Balaban J connectivity index is 2.05. The van der Waals surface area contributed by atoms with Gasteiger partial charge < -0.3 is 4.90 Å². The number of para-hydroxylation sites is 1. The van der Waals surface area contributed by atoms with Crippen LogP contribution in [0.15, 0.2) is 24.3 Å². The second-order valence-electron chi connectivity index (χ2n) is 8.80. The van der Waals surface area contributed by atoms with Crippen LogP contribution in [-0.4, -0.2) is 29.2 Å². The molecule has 1 saturated heterocycles. The number of benzene rings is 1. The lowest BCUT2D eigenvalue weighted by atomic mass is 9.89. The fourth-order valence-electron chi connectivity index (χ4n) is 4.87. The van der Waals surface area contributed by atoms with Crippen molar-refractivity contribution in [2.45, 2.75) is 91.5 Å². The molecule has 1 saturated carbocycles. The lowest BCUT2D eigenvalue weighted by Crippen LogP contribution is -2.52. The highest BCUT2D eigenvalue weighted by atomic mass is 15.5. The van der Waals surface area contributed by atoms with E-state index in [9.17, 15) is 0 Å². The fourth-order valence-corrected chi connectivity index (χ4v) is 4.87. The molecule has 1 heterocycles. The monoisotopic (exact) mass is 314 g/mol. The average molecular weight is 315 g/mol. The van der Waals surface area contributed by atoms with Gasteiger partial charge in [-0.2, -0.15) is 0 Å². The van der Waals surface area contributed by atoms with Gasteiger partial charge in [0.2, 0.25) is 0 Å². The van der Waals surface area contributed by atoms with Crippen LogP contribution in [0.3, 0.4) is 0 Å². The van der Waals surface area contributed by atoms with Crippen LogP contribution in [0.25, 0.3) is 0 Å². The maximum atomic E-state index is 2.87. The number of hydrogen-bond donors (Lipinski definition) is 0. The third-order valence-corrected chi connectivity index (χ3v) is 6.07. The molecule has 2 fully saturated rings. The predicted octanol–water partition coefficient (Wildman–Crippen LogP) is 5.21. The second-order valence-corrected chi connectivity index (χ2v) is 8.80. The van der Waals surface area contributed by atoms with E-state index in [0.717, 1.165) is 6.04 Å². The van der Waals surface area contributed by atoms with Gasteiger partial charge in [0.15, 0.2) is 0 Å². The van der Waals surface area contributed by atoms with Gasteiger partial charge in [-0.3, -0.25) is 4.90 Å². The molecule has 0 aromatic heterocycles. The minimum atomic E-state index is 0.240. The summed E-state index contributed by atoms with van der Waals surface area (Å²) in [6.07, 6.45) is 6.06. The molecule has 3 atom stereocenters. The van der Waals surface area contributed by atoms with Gasteiger partial charge in [-0.05, 0) is 50.7 Å². The van der Waals surface area contributed by atoms with Gasteiger partial charge in [-0.25, -0.2) is 0 Å². The van der Waals surface area contributed by atoms with Crippen molar-refractivity contribution in [3.63, 3.8) is 0 Å². The first-order valence-electron chi connectivity index (χ1n) is 9.44. The normalized spacial score (nSPS) is 30.3. The number of nitrogens with zero attached hydrogens (tertiary/aromatic N) is 2. The van der Waals surface area contributed by atoms with E-state index in [2.05, 4.69) is 75.6 Å². The van der Waals surface area contributed by atoms with E-state index in [1.54, 1.807) is 0 Å². The van der Waals surface area contributed by atoms with E-state index in [0.29, 0.717) is 18.2 Å². The molecule has 0 bridgehead atoms. The molecule has 2 aliphatic rings. The van der Waals surface area contributed by atoms with Crippen LogP contribution in [0.4, 0.5) is 5.69 Å². The standard InChI is InChI=1S/C21H34N2/c1-15-11-7-10-14-19(15)23-17(3)16(2)22(18-12-8-9-13-18)20(23)21(4,5)6/h7,10-11,14,16-18,20H,8-9,12-13H2,1-6H3/t16?,17-,20?/m0/s1. The molecule has 1 aliphatic heterocycles. The molecule has 2 heteroatoms. The molecule has 2 unspecified atom stereocenters. The van der Waals surface area contributed by atoms with Crippen LogP contribution < -0.4 is 4.90 Å². The molecule has 3 rings (SSSR count). The first-order valence-corrected chi connectivity index (χ1v) is 9.44. The van der Waals surface area contributed by atoms with Gasteiger partial charge in [-0.15, -0.1) is 0 Å². The number of rotatable bonds is 2. The predicted molar refractivity (Wildman–Crippen MR) is 99.9 cm³/mol. The lowest BCUT2D eigenvalue weighted by molar-refractivity contribution is 0.0708. The Kier molecular flexibility index (Phi) is 4.48. The minimum Gasteiger partial charge on any atom is -0.351 e. The van der Waals surface area contributed by atoms with Crippen molar-refractivity contribution in [2.75, 3.05) is 4.90 Å². The molecule has 2 nitrogen and oxygen atoms in total. The van der Waals surface area contributed by atoms with Crippen LogP contribution in [0.5, 0.6) is 0 Å². The van der Waals surface area contributed by atoms with Gasteiger partial charge in [0, 0.05) is 23.8 Å². The molecule has 128 valence electrons. The second kappa shape index (κ2) is 6.12. The maximum Gasteiger partial charge on any atom is 0.0878 e. The van der Waals surface area contributed by atoms with Crippen molar-refractivity contribution in [1.82, 2.24) is 4.90 Å². The zero-order valence-electron chi connectivity index (χ0n) is 15.8. The Bertz CT molecular complexity index is 539. The van der Waals surface area contributed by atoms with Crippen LogP contribution in [0.2, 0.25) is 0 Å². The molecule has 23 heavy (non-hydrogen) atoms. The number of aryl methyl sites for hydroxylation is 1. The molecule has 0 spiro atoms. The Morgan fingerprint density at radius 2 is 1.57 bits per heavy atom. The van der Waals surface area contributed by atoms with E-state index < -0.39 is 0 Å². The Morgan fingerprint density at radius 3 is 2.13 bits per heavy atom. The van der Waals surface area contributed by atoms with Crippen LogP contribution in [-0.2, 0) is 0 Å². The summed E-state index contributed by atoms with van der Waals surface area (Å²) in [5, 5.41) is 0. The van der Waals surface area contributed by atoms with Gasteiger partial charge >= 0.3 is 0 Å². The van der Waals surface area contributed by atoms with Gasteiger partial charge in [0.25, 0.3) is 0 Å². The van der Waals surface area contributed by atoms with E-state index in [-0.39, 0.29) is 5.41 Å². The zero-order valence-corrected chi connectivity index (χ0v) is 15.8. The highest BCUT2D eigenvalue weighted by molar-refractivity contribution is 5.56. The topological polar surface area (TPSA) is 6.48 Å². The van der Waals surface area contributed by atoms with Crippen molar-refractivity contribution >= 4 is 5.69 Å². The van der Waals surface area contributed by atoms with Gasteiger partial charge in [-0.1, -0.05) is 51.8 Å². The summed E-state index contributed by atoms with van der Waals surface area (Å²) >= 11 is 0. The molecule has 0 N–H and O–H groups in total. The molecule has 0 radical (unpaired) electrons. The van der Waals surface area contributed by atoms with E-state index in [4.69, 9.17) is 0 Å². The van der Waals surface area contributed by atoms with Crippen molar-refractivity contribution in [1.29, 1.82) is 0 Å². The molecular weight excluding hydrogens is 280 g/mol. The SMILES string of the molecule is Cc1ccccc1N1C(C(C)(C)C)N(C2CCCC2)C(C)[C@@H]1C. The highest BCUT2D eigenvalue weighted by Crippen LogP contribution is 2.44. The summed E-state index contributed by atoms with van der Waals surface area (Å²) < 4.78 is 0. The maximum absolute atomic E-state index is 2.87. The van der Waals surface area contributed by atoms with Crippen molar-refractivity contribution in [2.24, 2.45) is 5.41 Å². The number of anilines is 1. The first-order chi connectivity index (χ1) is 10.8. The van der Waals surface area contributed by atoms with Crippen molar-refractivity contribution in [3.05, 3.63) is 29.8 Å². The zero-order chi connectivity index (χ0) is 16.8. The molecule has 1 aromatic rings.